The van der Waals surface area contributed by atoms with E-state index in [-0.39, 0.29) is 31.1 Å². The number of piperazine rings is 1. The Kier molecular flexibility index (Phi) is 5.33. The van der Waals surface area contributed by atoms with Crippen molar-refractivity contribution in [1.82, 2.24) is 0 Å². The van der Waals surface area contributed by atoms with Crippen LogP contribution in [0.15, 0.2) is 36.4 Å². The first-order valence-electron chi connectivity index (χ1n) is 10.7. The van der Waals surface area contributed by atoms with Crippen molar-refractivity contribution in [1.29, 1.82) is 0 Å². The van der Waals surface area contributed by atoms with Gasteiger partial charge in [-0.25, -0.2) is 4.90 Å². The number of nitrogens with one attached hydrogen (secondary N) is 2. The van der Waals surface area contributed by atoms with Crippen molar-refractivity contribution in [2.24, 2.45) is 0 Å². The second-order valence-electron chi connectivity index (χ2n) is 8.53. The van der Waals surface area contributed by atoms with Gasteiger partial charge in [0.2, 0.25) is 12.7 Å². The van der Waals surface area contributed by atoms with Gasteiger partial charge in [-0.3, -0.25) is 9.59 Å². The molecule has 2 saturated heterocycles. The molecule has 0 bridgehead atoms. The molecular formula is C23H26ClN3O4+2. The van der Waals surface area contributed by atoms with Crippen LogP contribution in [-0.4, -0.2) is 50.8 Å². The molecule has 3 aliphatic heterocycles. The van der Waals surface area contributed by atoms with E-state index in [2.05, 4.69) is 12.1 Å². The Morgan fingerprint density at radius 1 is 1.03 bits per heavy atom. The minimum Gasteiger partial charge on any atom is -0.454 e. The molecule has 1 atom stereocenters. The quantitative estimate of drug-likeness (QED) is 0.653. The lowest BCUT2D eigenvalue weighted by Gasteiger charge is -2.32. The Labute approximate surface area is 186 Å². The zero-order valence-electron chi connectivity index (χ0n) is 17.4. The van der Waals surface area contributed by atoms with E-state index in [9.17, 15) is 9.59 Å². The summed E-state index contributed by atoms with van der Waals surface area (Å²) in [5.41, 5.74) is 2.71. The molecule has 2 aromatic rings. The predicted octanol–water partition coefficient (Wildman–Crippen LogP) is -0.00738. The minimum absolute atomic E-state index is 0.112. The molecule has 0 saturated carbocycles. The fourth-order valence-corrected chi connectivity index (χ4v) is 4.91. The third-order valence-corrected chi connectivity index (χ3v) is 6.95. The van der Waals surface area contributed by atoms with Crippen LogP contribution < -0.4 is 24.2 Å². The van der Waals surface area contributed by atoms with Crippen LogP contribution in [-0.2, 0) is 16.1 Å². The van der Waals surface area contributed by atoms with Gasteiger partial charge in [-0.2, -0.15) is 0 Å². The summed E-state index contributed by atoms with van der Waals surface area (Å²) in [6.45, 7) is 6.75. The van der Waals surface area contributed by atoms with Crippen LogP contribution in [0.5, 0.6) is 11.5 Å². The summed E-state index contributed by atoms with van der Waals surface area (Å²) in [5, 5.41) is 0.564. The number of halogens is 1. The van der Waals surface area contributed by atoms with Gasteiger partial charge in [0.05, 0.1) is 12.1 Å². The molecule has 162 valence electrons. The van der Waals surface area contributed by atoms with Crippen molar-refractivity contribution < 1.29 is 28.9 Å². The molecule has 0 radical (unpaired) electrons. The number of hydrogen-bond donors (Lipinski definition) is 2. The van der Waals surface area contributed by atoms with Crippen LogP contribution in [0.25, 0.3) is 0 Å². The highest BCUT2D eigenvalue weighted by molar-refractivity contribution is 6.32. The molecule has 2 amide bonds. The van der Waals surface area contributed by atoms with E-state index in [1.165, 1.54) is 20.3 Å². The highest BCUT2D eigenvalue weighted by Crippen LogP contribution is 2.32. The Hall–Kier alpha value is -2.61. The van der Waals surface area contributed by atoms with Gasteiger partial charge in [-0.15, -0.1) is 0 Å². The number of anilines is 1. The summed E-state index contributed by atoms with van der Waals surface area (Å²) in [5.74, 6) is 1.36. The molecule has 0 unspecified atom stereocenters. The van der Waals surface area contributed by atoms with Crippen LogP contribution in [0.2, 0.25) is 5.02 Å². The maximum Gasteiger partial charge on any atom is 0.292 e. The Morgan fingerprint density at radius 2 is 1.81 bits per heavy atom. The van der Waals surface area contributed by atoms with Gasteiger partial charge in [0.1, 0.15) is 32.7 Å². The smallest absolute Gasteiger partial charge is 0.292 e. The first-order valence-corrected chi connectivity index (χ1v) is 11.1. The zero-order valence-corrected chi connectivity index (χ0v) is 18.2. The second-order valence-corrected chi connectivity index (χ2v) is 8.94. The van der Waals surface area contributed by atoms with Crippen LogP contribution in [0.3, 0.4) is 0 Å². The van der Waals surface area contributed by atoms with Gasteiger partial charge in [0.15, 0.2) is 17.5 Å². The molecule has 2 fully saturated rings. The van der Waals surface area contributed by atoms with Gasteiger partial charge < -0.3 is 19.3 Å². The van der Waals surface area contributed by atoms with Crippen LogP contribution >= 0.6 is 11.6 Å². The standard InChI is InChI=1S/C23H24ClN3O4/c1-15-2-4-17(11-18(15)24)27-22(28)12-19(23(27)29)26-8-6-25(7-9-26)13-16-3-5-20-21(10-16)31-14-30-20/h2-5,10-11,19H,6-9,12-14H2,1H3/p+2/t19-/m0/s1. The normalized spacial score (nSPS) is 25.4. The average Bonchev–Trinajstić information content (AvgIpc) is 3.34. The summed E-state index contributed by atoms with van der Waals surface area (Å²) >= 11 is 6.21. The lowest BCUT2D eigenvalue weighted by atomic mass is 10.1. The first-order chi connectivity index (χ1) is 15.0. The summed E-state index contributed by atoms with van der Waals surface area (Å²) in [4.78, 5) is 29.7. The number of quaternary nitrogens is 2. The van der Waals surface area contributed by atoms with Gasteiger partial charge in [0.25, 0.3) is 5.91 Å². The third kappa shape index (κ3) is 3.89. The van der Waals surface area contributed by atoms with Crippen molar-refractivity contribution >= 4 is 29.1 Å². The topological polar surface area (TPSA) is 64.7 Å². The molecular weight excluding hydrogens is 418 g/mol. The molecule has 5 rings (SSSR count). The zero-order chi connectivity index (χ0) is 21.5. The maximum absolute atomic E-state index is 13.1. The van der Waals surface area contributed by atoms with Crippen LogP contribution in [0.4, 0.5) is 5.69 Å². The van der Waals surface area contributed by atoms with E-state index in [1.807, 2.05) is 19.1 Å². The average molecular weight is 444 g/mol. The number of carbonyl (C=O) groups excluding carboxylic acids is 2. The molecule has 3 aliphatic rings. The first kappa shape index (κ1) is 20.3. The fraction of sp³-hybridized carbons (Fsp3) is 0.391. The van der Waals surface area contributed by atoms with Gasteiger partial charge in [-0.05, 0) is 42.8 Å². The maximum atomic E-state index is 13.1. The van der Waals surface area contributed by atoms with E-state index >= 15 is 0 Å². The number of nitrogens with zero attached hydrogens (tertiary/aromatic N) is 1. The SMILES string of the molecule is Cc1ccc(N2C(=O)C[C@H]([NH+]3CC[NH+](Cc4ccc5c(c4)OCO5)CC3)C2=O)cc1Cl. The van der Waals surface area contributed by atoms with Crippen LogP contribution in [0.1, 0.15) is 17.5 Å². The highest BCUT2D eigenvalue weighted by Gasteiger charge is 2.47. The number of carbonyl (C=O) groups is 2. The Morgan fingerprint density at radius 3 is 2.58 bits per heavy atom. The summed E-state index contributed by atoms with van der Waals surface area (Å²) in [6, 6.07) is 11.1. The number of aryl methyl sites for hydroxylation is 1. The van der Waals surface area contributed by atoms with Crippen molar-refractivity contribution in [3.05, 3.63) is 52.5 Å². The second kappa shape index (κ2) is 8.15. The molecule has 0 aromatic heterocycles. The minimum atomic E-state index is -0.306. The van der Waals surface area contributed by atoms with Crippen molar-refractivity contribution in [3.8, 4) is 11.5 Å². The lowest BCUT2D eigenvalue weighted by Crippen LogP contribution is -3.29. The number of hydrogen-bond acceptors (Lipinski definition) is 4. The largest absolute Gasteiger partial charge is 0.454 e. The number of amides is 2. The van der Waals surface area contributed by atoms with Gasteiger partial charge in [0, 0.05) is 10.6 Å². The van der Waals surface area contributed by atoms with Crippen LogP contribution in [0, 0.1) is 6.92 Å². The molecule has 0 aliphatic carbocycles. The van der Waals surface area contributed by atoms with E-state index in [4.69, 9.17) is 21.1 Å². The molecule has 7 nitrogen and oxygen atoms in total. The number of fused-ring (bicyclic) bond motifs is 1. The summed E-state index contributed by atoms with van der Waals surface area (Å²) < 4.78 is 10.9. The fourth-order valence-electron chi connectivity index (χ4n) is 4.73. The number of imide groups is 1. The van der Waals surface area contributed by atoms with Crippen molar-refractivity contribution in [2.75, 3.05) is 37.9 Å². The van der Waals surface area contributed by atoms with E-state index in [1.54, 1.807) is 12.1 Å². The van der Waals surface area contributed by atoms with E-state index < -0.39 is 0 Å². The molecule has 0 spiro atoms. The van der Waals surface area contributed by atoms with Gasteiger partial charge in [-0.1, -0.05) is 17.7 Å². The number of rotatable bonds is 4. The molecule has 31 heavy (non-hydrogen) atoms. The molecule has 2 N–H and O–H groups in total. The highest BCUT2D eigenvalue weighted by atomic mass is 35.5. The summed E-state index contributed by atoms with van der Waals surface area (Å²) in [6.07, 6.45) is 0.261. The van der Waals surface area contributed by atoms with Crippen molar-refractivity contribution in [3.63, 3.8) is 0 Å². The summed E-state index contributed by atoms with van der Waals surface area (Å²) in [7, 11) is 0. The van der Waals surface area contributed by atoms with Crippen molar-refractivity contribution in [2.45, 2.75) is 25.9 Å². The van der Waals surface area contributed by atoms with E-state index in [0.29, 0.717) is 10.7 Å². The lowest BCUT2D eigenvalue weighted by molar-refractivity contribution is -1.02. The Bertz CT molecular complexity index is 1040. The van der Waals surface area contributed by atoms with E-state index in [0.717, 1.165) is 49.8 Å². The monoisotopic (exact) mass is 443 g/mol. The molecule has 3 heterocycles. The predicted molar refractivity (Wildman–Crippen MR) is 115 cm³/mol. The molecule has 2 aromatic carbocycles. The third-order valence-electron chi connectivity index (χ3n) is 6.54. The van der Waals surface area contributed by atoms with Gasteiger partial charge >= 0.3 is 0 Å². The number of ether oxygens (including phenoxy) is 2. The Balaban J connectivity index is 1.21. The number of benzene rings is 2. The molecule has 8 heteroatoms.